The van der Waals surface area contributed by atoms with Crippen LogP contribution in [0.1, 0.15) is 42.6 Å². The lowest BCUT2D eigenvalue weighted by Gasteiger charge is -2.11. The molecule has 1 aromatic carbocycles. The Kier molecular flexibility index (Phi) is 5.95. The standard InChI is InChI=1S/C18H23N3O/c1-3-5-11-20-18(22)15-10-12-19-17(13-15)21-16-9-7-6-8-14(16)4-2/h6-10,12-13H,3-5,11H2,1-2H3,(H,19,21)(H,20,22). The molecule has 1 amide bonds. The molecule has 0 saturated heterocycles. The van der Waals surface area contributed by atoms with E-state index < -0.39 is 0 Å². The molecule has 0 atom stereocenters. The van der Waals surface area contributed by atoms with Crippen LogP contribution in [0.5, 0.6) is 0 Å². The highest BCUT2D eigenvalue weighted by atomic mass is 16.1. The highest BCUT2D eigenvalue weighted by Crippen LogP contribution is 2.20. The number of hydrogen-bond donors (Lipinski definition) is 2. The summed E-state index contributed by atoms with van der Waals surface area (Å²) in [4.78, 5) is 16.4. The van der Waals surface area contributed by atoms with Gasteiger partial charge in [0.1, 0.15) is 5.82 Å². The second-order valence-electron chi connectivity index (χ2n) is 5.17. The Morgan fingerprint density at radius 1 is 1.18 bits per heavy atom. The summed E-state index contributed by atoms with van der Waals surface area (Å²) in [7, 11) is 0. The molecule has 4 heteroatoms. The number of benzene rings is 1. The van der Waals surface area contributed by atoms with E-state index in [0.29, 0.717) is 17.9 Å². The number of nitrogens with zero attached hydrogens (tertiary/aromatic N) is 1. The van der Waals surface area contributed by atoms with Gasteiger partial charge in [-0.15, -0.1) is 0 Å². The third-order valence-corrected chi connectivity index (χ3v) is 3.50. The number of anilines is 2. The van der Waals surface area contributed by atoms with Gasteiger partial charge in [0.2, 0.25) is 0 Å². The molecule has 0 unspecified atom stereocenters. The van der Waals surface area contributed by atoms with Gasteiger partial charge in [-0.25, -0.2) is 4.98 Å². The second kappa shape index (κ2) is 8.17. The molecule has 2 N–H and O–H groups in total. The number of aryl methyl sites for hydroxylation is 1. The Labute approximate surface area is 132 Å². The molecule has 0 radical (unpaired) electrons. The Balaban J connectivity index is 2.09. The minimum absolute atomic E-state index is 0.0531. The Bertz CT molecular complexity index is 625. The zero-order chi connectivity index (χ0) is 15.8. The molecule has 0 fully saturated rings. The molecule has 116 valence electrons. The average Bonchev–Trinajstić information content (AvgIpc) is 2.56. The highest BCUT2D eigenvalue weighted by Gasteiger charge is 2.07. The number of hydrogen-bond acceptors (Lipinski definition) is 3. The van der Waals surface area contributed by atoms with Crippen molar-refractivity contribution >= 4 is 17.4 Å². The van der Waals surface area contributed by atoms with Gasteiger partial charge in [0.05, 0.1) is 0 Å². The summed E-state index contributed by atoms with van der Waals surface area (Å²) >= 11 is 0. The number of aromatic nitrogens is 1. The molecule has 0 spiro atoms. The normalized spacial score (nSPS) is 10.3. The fourth-order valence-electron chi connectivity index (χ4n) is 2.21. The minimum atomic E-state index is -0.0531. The quantitative estimate of drug-likeness (QED) is 0.762. The van der Waals surface area contributed by atoms with E-state index in [4.69, 9.17) is 0 Å². The summed E-state index contributed by atoms with van der Waals surface area (Å²) in [5, 5.41) is 6.21. The average molecular weight is 297 g/mol. The van der Waals surface area contributed by atoms with E-state index in [1.807, 2.05) is 18.2 Å². The number of para-hydroxylation sites is 1. The molecule has 0 bridgehead atoms. The monoisotopic (exact) mass is 297 g/mol. The number of carbonyl (C=O) groups excluding carboxylic acids is 1. The predicted octanol–water partition coefficient (Wildman–Crippen LogP) is 3.92. The van der Waals surface area contributed by atoms with E-state index in [1.165, 1.54) is 5.56 Å². The fraction of sp³-hybridized carbons (Fsp3) is 0.333. The maximum atomic E-state index is 12.1. The summed E-state index contributed by atoms with van der Waals surface area (Å²) in [6.07, 6.45) is 4.66. The molecule has 0 aliphatic carbocycles. The van der Waals surface area contributed by atoms with E-state index in [1.54, 1.807) is 18.3 Å². The van der Waals surface area contributed by atoms with Crippen LogP contribution in [0.25, 0.3) is 0 Å². The molecule has 0 saturated carbocycles. The van der Waals surface area contributed by atoms with Gasteiger partial charge in [-0.1, -0.05) is 38.5 Å². The first-order valence-electron chi connectivity index (χ1n) is 7.83. The number of rotatable bonds is 7. The van der Waals surface area contributed by atoms with Crippen molar-refractivity contribution in [2.75, 3.05) is 11.9 Å². The van der Waals surface area contributed by atoms with Crippen LogP contribution in [0.4, 0.5) is 11.5 Å². The smallest absolute Gasteiger partial charge is 0.251 e. The van der Waals surface area contributed by atoms with Crippen LogP contribution < -0.4 is 10.6 Å². The summed E-state index contributed by atoms with van der Waals surface area (Å²) in [6.45, 7) is 4.93. The first-order chi connectivity index (χ1) is 10.7. The largest absolute Gasteiger partial charge is 0.352 e. The van der Waals surface area contributed by atoms with E-state index in [-0.39, 0.29) is 5.91 Å². The number of carbonyl (C=O) groups is 1. The zero-order valence-corrected chi connectivity index (χ0v) is 13.2. The van der Waals surface area contributed by atoms with Gasteiger partial charge in [0.25, 0.3) is 5.91 Å². The molecule has 1 aromatic heterocycles. The first kappa shape index (κ1) is 16.0. The highest BCUT2D eigenvalue weighted by molar-refractivity contribution is 5.94. The molecule has 2 aromatic rings. The summed E-state index contributed by atoms with van der Waals surface area (Å²) in [5.74, 6) is 0.631. The molecular weight excluding hydrogens is 274 g/mol. The van der Waals surface area contributed by atoms with Crippen molar-refractivity contribution in [3.63, 3.8) is 0 Å². The lowest BCUT2D eigenvalue weighted by molar-refractivity contribution is 0.0953. The van der Waals surface area contributed by atoms with Crippen molar-refractivity contribution in [2.24, 2.45) is 0 Å². The van der Waals surface area contributed by atoms with Crippen LogP contribution in [0.15, 0.2) is 42.6 Å². The Morgan fingerprint density at radius 2 is 2.00 bits per heavy atom. The summed E-state index contributed by atoms with van der Waals surface area (Å²) in [5.41, 5.74) is 2.88. The third-order valence-electron chi connectivity index (χ3n) is 3.50. The second-order valence-corrected chi connectivity index (χ2v) is 5.17. The molecule has 22 heavy (non-hydrogen) atoms. The lowest BCUT2D eigenvalue weighted by Crippen LogP contribution is -2.24. The van der Waals surface area contributed by atoms with Gasteiger partial charge in [0.15, 0.2) is 0 Å². The minimum Gasteiger partial charge on any atom is -0.352 e. The maximum Gasteiger partial charge on any atom is 0.251 e. The van der Waals surface area contributed by atoms with Crippen LogP contribution in [0, 0.1) is 0 Å². The number of nitrogens with one attached hydrogen (secondary N) is 2. The van der Waals surface area contributed by atoms with Crippen LogP contribution in [-0.4, -0.2) is 17.4 Å². The van der Waals surface area contributed by atoms with E-state index in [2.05, 4.69) is 35.5 Å². The lowest BCUT2D eigenvalue weighted by atomic mass is 10.1. The van der Waals surface area contributed by atoms with Gasteiger partial charge in [-0.05, 0) is 36.6 Å². The van der Waals surface area contributed by atoms with Gasteiger partial charge in [-0.2, -0.15) is 0 Å². The molecule has 4 nitrogen and oxygen atoms in total. The van der Waals surface area contributed by atoms with Crippen molar-refractivity contribution in [3.05, 3.63) is 53.7 Å². The Morgan fingerprint density at radius 3 is 2.77 bits per heavy atom. The molecule has 0 aliphatic heterocycles. The number of amides is 1. The van der Waals surface area contributed by atoms with Gasteiger partial charge < -0.3 is 10.6 Å². The molecule has 2 rings (SSSR count). The Hall–Kier alpha value is -2.36. The maximum absolute atomic E-state index is 12.1. The topological polar surface area (TPSA) is 54.0 Å². The number of pyridine rings is 1. The molecular formula is C18H23N3O. The third kappa shape index (κ3) is 4.32. The van der Waals surface area contributed by atoms with Crippen molar-refractivity contribution in [3.8, 4) is 0 Å². The van der Waals surface area contributed by atoms with Crippen molar-refractivity contribution in [2.45, 2.75) is 33.1 Å². The van der Waals surface area contributed by atoms with Gasteiger partial charge in [-0.3, -0.25) is 4.79 Å². The van der Waals surface area contributed by atoms with E-state index >= 15 is 0 Å². The number of unbranched alkanes of at least 4 members (excludes halogenated alkanes) is 1. The van der Waals surface area contributed by atoms with E-state index in [0.717, 1.165) is 24.9 Å². The van der Waals surface area contributed by atoms with Crippen molar-refractivity contribution < 1.29 is 4.79 Å². The SMILES string of the molecule is CCCCNC(=O)c1ccnc(Nc2ccccc2CC)c1. The van der Waals surface area contributed by atoms with Crippen LogP contribution in [-0.2, 0) is 6.42 Å². The zero-order valence-electron chi connectivity index (χ0n) is 13.2. The fourth-order valence-corrected chi connectivity index (χ4v) is 2.21. The summed E-state index contributed by atoms with van der Waals surface area (Å²) < 4.78 is 0. The van der Waals surface area contributed by atoms with E-state index in [9.17, 15) is 4.79 Å². The van der Waals surface area contributed by atoms with Crippen LogP contribution in [0.3, 0.4) is 0 Å². The summed E-state index contributed by atoms with van der Waals surface area (Å²) in [6, 6.07) is 11.6. The van der Waals surface area contributed by atoms with Gasteiger partial charge in [0, 0.05) is 24.0 Å². The van der Waals surface area contributed by atoms with Gasteiger partial charge >= 0.3 is 0 Å². The molecule has 1 heterocycles. The van der Waals surface area contributed by atoms with Crippen molar-refractivity contribution in [1.82, 2.24) is 10.3 Å². The van der Waals surface area contributed by atoms with Crippen molar-refractivity contribution in [1.29, 1.82) is 0 Å². The van der Waals surface area contributed by atoms with Crippen LogP contribution >= 0.6 is 0 Å². The molecule has 0 aliphatic rings. The van der Waals surface area contributed by atoms with Crippen LogP contribution in [0.2, 0.25) is 0 Å². The first-order valence-corrected chi connectivity index (χ1v) is 7.83. The predicted molar refractivity (Wildman–Crippen MR) is 90.6 cm³/mol.